The van der Waals surface area contributed by atoms with E-state index < -0.39 is 0 Å². The molecule has 20 heavy (non-hydrogen) atoms. The summed E-state index contributed by atoms with van der Waals surface area (Å²) in [6.45, 7) is 6.21. The minimum absolute atomic E-state index is 0.376. The van der Waals surface area contributed by atoms with Crippen molar-refractivity contribution in [3.05, 3.63) is 41.9 Å². The van der Waals surface area contributed by atoms with Crippen LogP contribution in [0.15, 0.2) is 29.1 Å². The molecule has 0 aliphatic carbocycles. The van der Waals surface area contributed by atoms with Crippen LogP contribution in [0, 0.1) is 0 Å². The quantitative estimate of drug-likeness (QED) is 0.838. The Morgan fingerprint density at radius 2 is 2.40 bits per heavy atom. The smallest absolute Gasteiger partial charge is 0.117 e. The zero-order valence-electron chi connectivity index (χ0n) is 12.1. The van der Waals surface area contributed by atoms with Crippen LogP contribution < -0.4 is 0 Å². The van der Waals surface area contributed by atoms with E-state index in [9.17, 15) is 0 Å². The van der Waals surface area contributed by atoms with Gasteiger partial charge in [0.2, 0.25) is 0 Å². The van der Waals surface area contributed by atoms with Gasteiger partial charge in [-0.05, 0) is 19.1 Å². The molecule has 1 aliphatic rings. The number of furan rings is 1. The van der Waals surface area contributed by atoms with E-state index in [4.69, 9.17) is 9.15 Å². The van der Waals surface area contributed by atoms with Gasteiger partial charge in [0.15, 0.2) is 0 Å². The molecule has 0 aromatic carbocycles. The first-order chi connectivity index (χ1) is 9.78. The van der Waals surface area contributed by atoms with Gasteiger partial charge in [0, 0.05) is 38.4 Å². The Labute approximate surface area is 119 Å². The fourth-order valence-electron chi connectivity index (χ4n) is 2.94. The number of aromatic nitrogens is 2. The van der Waals surface area contributed by atoms with Crippen LogP contribution in [0.1, 0.15) is 30.0 Å². The maximum atomic E-state index is 5.65. The normalized spacial score (nSPS) is 19.2. The average molecular weight is 275 g/mol. The van der Waals surface area contributed by atoms with E-state index >= 15 is 0 Å². The van der Waals surface area contributed by atoms with Crippen molar-refractivity contribution in [2.24, 2.45) is 7.05 Å². The standard InChI is InChI=1S/C15H21N3O2/c1-3-19-10-12-7-18(8-13-5-4-6-20-13)9-14-15(12)17(2)11-16-14/h4-6,11-12H,3,7-10H2,1-2H3/t12-/m0/s1. The van der Waals surface area contributed by atoms with Crippen molar-refractivity contribution in [3.63, 3.8) is 0 Å². The number of fused-ring (bicyclic) bond motifs is 1. The molecule has 0 amide bonds. The predicted octanol–water partition coefficient (Wildman–Crippen LogP) is 2.15. The third-order valence-electron chi connectivity index (χ3n) is 3.78. The van der Waals surface area contributed by atoms with E-state index in [2.05, 4.69) is 21.5 Å². The van der Waals surface area contributed by atoms with Gasteiger partial charge in [-0.25, -0.2) is 4.98 Å². The molecule has 0 unspecified atom stereocenters. The Kier molecular flexibility index (Phi) is 3.89. The number of hydrogen-bond acceptors (Lipinski definition) is 4. The lowest BCUT2D eigenvalue weighted by molar-refractivity contribution is 0.0998. The summed E-state index contributed by atoms with van der Waals surface area (Å²) in [5, 5.41) is 0. The van der Waals surface area contributed by atoms with E-state index in [1.54, 1.807) is 6.26 Å². The number of nitrogens with zero attached hydrogens (tertiary/aromatic N) is 3. The zero-order chi connectivity index (χ0) is 13.9. The summed E-state index contributed by atoms with van der Waals surface area (Å²) < 4.78 is 13.2. The maximum Gasteiger partial charge on any atom is 0.117 e. The summed E-state index contributed by atoms with van der Waals surface area (Å²) in [6, 6.07) is 3.95. The fraction of sp³-hybridized carbons (Fsp3) is 0.533. The Hall–Kier alpha value is -1.59. The summed E-state index contributed by atoms with van der Waals surface area (Å²) in [6.07, 6.45) is 3.63. The van der Waals surface area contributed by atoms with Crippen LogP contribution in [0.4, 0.5) is 0 Å². The first kappa shape index (κ1) is 13.4. The van der Waals surface area contributed by atoms with Gasteiger partial charge in [0.05, 0.1) is 31.4 Å². The van der Waals surface area contributed by atoms with Crippen LogP contribution in [0.5, 0.6) is 0 Å². The molecule has 2 aromatic rings. The fourth-order valence-corrected chi connectivity index (χ4v) is 2.94. The molecule has 0 saturated carbocycles. The molecule has 3 heterocycles. The molecular formula is C15H21N3O2. The van der Waals surface area contributed by atoms with E-state index in [0.29, 0.717) is 5.92 Å². The van der Waals surface area contributed by atoms with E-state index in [-0.39, 0.29) is 0 Å². The van der Waals surface area contributed by atoms with E-state index in [1.807, 2.05) is 25.4 Å². The molecule has 0 bridgehead atoms. The summed E-state index contributed by atoms with van der Waals surface area (Å²) in [7, 11) is 2.06. The van der Waals surface area contributed by atoms with E-state index in [1.165, 1.54) is 5.69 Å². The minimum atomic E-state index is 0.376. The largest absolute Gasteiger partial charge is 0.468 e. The van der Waals surface area contributed by atoms with Gasteiger partial charge in [-0.3, -0.25) is 4.90 Å². The van der Waals surface area contributed by atoms with Crippen LogP contribution in [0.2, 0.25) is 0 Å². The van der Waals surface area contributed by atoms with Crippen LogP contribution >= 0.6 is 0 Å². The summed E-state index contributed by atoms with van der Waals surface area (Å²) in [5.41, 5.74) is 2.48. The molecule has 1 aliphatic heterocycles. The van der Waals surface area contributed by atoms with Crippen LogP contribution in [0.3, 0.4) is 0 Å². The highest BCUT2D eigenvalue weighted by Crippen LogP contribution is 2.28. The van der Waals surface area contributed by atoms with Crippen LogP contribution in [-0.2, 0) is 24.9 Å². The number of rotatable bonds is 5. The first-order valence-electron chi connectivity index (χ1n) is 7.10. The van der Waals surface area contributed by atoms with Gasteiger partial charge in [-0.2, -0.15) is 0 Å². The lowest BCUT2D eigenvalue weighted by Crippen LogP contribution is -2.35. The topological polar surface area (TPSA) is 43.4 Å². The lowest BCUT2D eigenvalue weighted by atomic mass is 9.99. The van der Waals surface area contributed by atoms with Crippen molar-refractivity contribution in [2.75, 3.05) is 19.8 Å². The highest BCUT2D eigenvalue weighted by atomic mass is 16.5. The minimum Gasteiger partial charge on any atom is -0.468 e. The number of imidazole rings is 1. The van der Waals surface area contributed by atoms with Crippen LogP contribution in [0.25, 0.3) is 0 Å². The van der Waals surface area contributed by atoms with Crippen molar-refractivity contribution in [2.45, 2.75) is 25.9 Å². The van der Waals surface area contributed by atoms with Gasteiger partial charge in [-0.15, -0.1) is 0 Å². The van der Waals surface area contributed by atoms with Crippen molar-refractivity contribution in [3.8, 4) is 0 Å². The Bertz CT molecular complexity index is 547. The molecule has 0 N–H and O–H groups in total. The summed E-state index contributed by atoms with van der Waals surface area (Å²) >= 11 is 0. The molecule has 0 spiro atoms. The second-order valence-electron chi connectivity index (χ2n) is 5.29. The van der Waals surface area contributed by atoms with Crippen LogP contribution in [-0.4, -0.2) is 34.2 Å². The molecule has 5 nitrogen and oxygen atoms in total. The number of hydrogen-bond donors (Lipinski definition) is 0. The Morgan fingerprint density at radius 1 is 1.50 bits per heavy atom. The van der Waals surface area contributed by atoms with Gasteiger partial charge < -0.3 is 13.7 Å². The SMILES string of the molecule is CCOC[C@@H]1CN(Cc2ccco2)Cc2ncn(C)c21. The zero-order valence-corrected chi connectivity index (χ0v) is 12.1. The Balaban J connectivity index is 1.77. The highest BCUT2D eigenvalue weighted by Gasteiger charge is 2.29. The van der Waals surface area contributed by atoms with Gasteiger partial charge in [-0.1, -0.05) is 0 Å². The second kappa shape index (κ2) is 5.81. The van der Waals surface area contributed by atoms with Crippen molar-refractivity contribution < 1.29 is 9.15 Å². The molecule has 1 atom stereocenters. The van der Waals surface area contributed by atoms with Gasteiger partial charge in [0.25, 0.3) is 0 Å². The molecule has 3 rings (SSSR count). The number of ether oxygens (including phenoxy) is 1. The van der Waals surface area contributed by atoms with Gasteiger partial charge in [0.1, 0.15) is 5.76 Å². The first-order valence-corrected chi connectivity index (χ1v) is 7.10. The maximum absolute atomic E-state index is 5.65. The van der Waals surface area contributed by atoms with Crippen molar-refractivity contribution in [1.82, 2.24) is 14.5 Å². The lowest BCUT2D eigenvalue weighted by Gasteiger charge is -2.32. The molecule has 5 heteroatoms. The molecule has 108 valence electrons. The predicted molar refractivity (Wildman–Crippen MR) is 75.3 cm³/mol. The number of aryl methyl sites for hydroxylation is 1. The second-order valence-corrected chi connectivity index (χ2v) is 5.29. The van der Waals surface area contributed by atoms with Crippen molar-refractivity contribution in [1.29, 1.82) is 0 Å². The third kappa shape index (κ3) is 2.64. The summed E-state index contributed by atoms with van der Waals surface area (Å²) in [4.78, 5) is 6.90. The highest BCUT2D eigenvalue weighted by molar-refractivity contribution is 5.22. The molecule has 0 radical (unpaired) electrons. The third-order valence-corrected chi connectivity index (χ3v) is 3.78. The molecular weight excluding hydrogens is 254 g/mol. The average Bonchev–Trinajstić information content (AvgIpc) is 3.07. The monoisotopic (exact) mass is 275 g/mol. The molecule has 2 aromatic heterocycles. The summed E-state index contributed by atoms with van der Waals surface area (Å²) in [5.74, 6) is 1.38. The van der Waals surface area contributed by atoms with Gasteiger partial charge >= 0.3 is 0 Å². The molecule has 0 saturated heterocycles. The Morgan fingerprint density at radius 3 is 3.15 bits per heavy atom. The van der Waals surface area contributed by atoms with Crippen molar-refractivity contribution >= 4 is 0 Å². The molecule has 0 fully saturated rings. The van der Waals surface area contributed by atoms with E-state index in [0.717, 1.165) is 44.3 Å².